The SMILES string of the molecule is CN(c1ccccc1)S(=O)(=O)c1ccccc1C(=O)OCn1nnc2ccccc2c1=O. The van der Waals surface area contributed by atoms with Gasteiger partial charge in [-0.3, -0.25) is 9.10 Å². The minimum Gasteiger partial charge on any atom is -0.439 e. The van der Waals surface area contributed by atoms with Crippen molar-refractivity contribution in [1.29, 1.82) is 0 Å². The Balaban J connectivity index is 1.61. The Hall–Kier alpha value is -4.05. The molecule has 0 saturated heterocycles. The Kier molecular flexibility index (Phi) is 5.69. The number of nitrogens with zero attached hydrogens (tertiary/aromatic N) is 4. The summed E-state index contributed by atoms with van der Waals surface area (Å²) in [6, 6.07) is 20.8. The third kappa shape index (κ3) is 3.95. The fraction of sp³-hybridized carbons (Fsp3) is 0.0909. The van der Waals surface area contributed by atoms with Gasteiger partial charge in [0.25, 0.3) is 15.6 Å². The molecule has 0 atom stereocenters. The molecule has 3 aromatic carbocycles. The van der Waals surface area contributed by atoms with Crippen molar-refractivity contribution in [1.82, 2.24) is 15.0 Å². The number of sulfonamides is 1. The van der Waals surface area contributed by atoms with Crippen LogP contribution in [-0.2, 0) is 21.5 Å². The van der Waals surface area contributed by atoms with E-state index in [2.05, 4.69) is 10.3 Å². The molecular weight excluding hydrogens is 432 g/mol. The second-order valence-electron chi connectivity index (χ2n) is 6.78. The Labute approximate surface area is 183 Å². The van der Waals surface area contributed by atoms with Crippen molar-refractivity contribution in [3.05, 3.63) is 94.8 Å². The van der Waals surface area contributed by atoms with Crippen LogP contribution in [0.25, 0.3) is 10.9 Å². The molecule has 0 fully saturated rings. The lowest BCUT2D eigenvalue weighted by atomic mass is 10.2. The molecule has 0 aliphatic heterocycles. The van der Waals surface area contributed by atoms with E-state index in [0.717, 1.165) is 8.99 Å². The lowest BCUT2D eigenvalue weighted by molar-refractivity contribution is 0.0331. The predicted molar refractivity (Wildman–Crippen MR) is 118 cm³/mol. The van der Waals surface area contributed by atoms with E-state index in [1.807, 2.05) is 0 Å². The molecule has 0 aliphatic rings. The fourth-order valence-corrected chi connectivity index (χ4v) is 4.46. The van der Waals surface area contributed by atoms with Gasteiger partial charge in [0.15, 0.2) is 6.73 Å². The van der Waals surface area contributed by atoms with E-state index in [9.17, 15) is 18.0 Å². The summed E-state index contributed by atoms with van der Waals surface area (Å²) < 4.78 is 33.5. The monoisotopic (exact) mass is 450 g/mol. The van der Waals surface area contributed by atoms with E-state index in [0.29, 0.717) is 16.6 Å². The first-order valence-electron chi connectivity index (χ1n) is 9.52. The lowest BCUT2D eigenvalue weighted by Gasteiger charge is -2.20. The van der Waals surface area contributed by atoms with Gasteiger partial charge in [0, 0.05) is 7.05 Å². The van der Waals surface area contributed by atoms with E-state index in [-0.39, 0.29) is 10.5 Å². The Morgan fingerprint density at radius 1 is 0.969 bits per heavy atom. The maximum Gasteiger partial charge on any atom is 0.341 e. The standard InChI is InChI=1S/C22H18N4O5S/c1-25(16-9-3-2-4-10-16)32(29,30)20-14-8-6-12-18(20)22(28)31-15-26-21(27)17-11-5-7-13-19(17)23-24-26/h2-14H,15H2,1H3. The zero-order valence-electron chi connectivity index (χ0n) is 17.0. The number of benzene rings is 3. The molecule has 1 heterocycles. The normalized spacial score (nSPS) is 11.3. The molecule has 4 rings (SSSR count). The third-order valence-electron chi connectivity index (χ3n) is 4.81. The van der Waals surface area contributed by atoms with Crippen LogP contribution in [0.2, 0.25) is 0 Å². The minimum atomic E-state index is -4.05. The molecule has 0 aliphatic carbocycles. The number of anilines is 1. The summed E-state index contributed by atoms with van der Waals surface area (Å²) in [6.07, 6.45) is 0. The number of aromatic nitrogens is 3. The highest BCUT2D eigenvalue weighted by Crippen LogP contribution is 2.24. The maximum absolute atomic E-state index is 13.2. The van der Waals surface area contributed by atoms with Crippen LogP contribution in [0.3, 0.4) is 0 Å². The second kappa shape index (κ2) is 8.60. The molecular formula is C22H18N4O5S. The van der Waals surface area contributed by atoms with Gasteiger partial charge in [0.1, 0.15) is 10.4 Å². The lowest BCUT2D eigenvalue weighted by Crippen LogP contribution is -2.29. The van der Waals surface area contributed by atoms with E-state index in [1.165, 1.54) is 31.3 Å². The number of hydrogen-bond donors (Lipinski definition) is 0. The summed E-state index contributed by atoms with van der Waals surface area (Å²) in [5.74, 6) is -0.910. The Bertz CT molecular complexity index is 1450. The van der Waals surface area contributed by atoms with Crippen LogP contribution in [0.5, 0.6) is 0 Å². The highest BCUT2D eigenvalue weighted by Gasteiger charge is 2.27. The Morgan fingerprint density at radius 3 is 2.41 bits per heavy atom. The molecule has 0 radical (unpaired) electrons. The Morgan fingerprint density at radius 2 is 1.62 bits per heavy atom. The summed E-state index contributed by atoms with van der Waals surface area (Å²) in [4.78, 5) is 25.1. The second-order valence-corrected chi connectivity index (χ2v) is 8.71. The molecule has 0 bridgehead atoms. The third-order valence-corrected chi connectivity index (χ3v) is 6.66. The van der Waals surface area contributed by atoms with Gasteiger partial charge in [0.05, 0.1) is 16.6 Å². The quantitative estimate of drug-likeness (QED) is 0.415. The molecule has 9 nitrogen and oxygen atoms in total. The maximum atomic E-state index is 13.2. The number of esters is 1. The first-order valence-corrected chi connectivity index (χ1v) is 11.0. The zero-order valence-corrected chi connectivity index (χ0v) is 17.8. The van der Waals surface area contributed by atoms with E-state index >= 15 is 0 Å². The topological polar surface area (TPSA) is 111 Å². The number of hydrogen-bond acceptors (Lipinski definition) is 7. The van der Waals surface area contributed by atoms with Crippen LogP contribution in [0.4, 0.5) is 5.69 Å². The van der Waals surface area contributed by atoms with Crippen LogP contribution in [0.15, 0.2) is 88.6 Å². The number of carbonyl (C=O) groups excluding carboxylic acids is 1. The first kappa shape index (κ1) is 21.2. The van der Waals surface area contributed by atoms with Crippen molar-refractivity contribution in [2.45, 2.75) is 11.6 Å². The number of fused-ring (bicyclic) bond motifs is 1. The number of para-hydroxylation sites is 1. The predicted octanol–water partition coefficient (Wildman–Crippen LogP) is 2.43. The number of ether oxygens (including phenoxy) is 1. The van der Waals surface area contributed by atoms with Crippen molar-refractivity contribution in [3.8, 4) is 0 Å². The largest absolute Gasteiger partial charge is 0.439 e. The van der Waals surface area contributed by atoms with Crippen molar-refractivity contribution < 1.29 is 17.9 Å². The summed E-state index contributed by atoms with van der Waals surface area (Å²) in [6.45, 7) is -0.515. The summed E-state index contributed by atoms with van der Waals surface area (Å²) in [5, 5.41) is 8.01. The van der Waals surface area contributed by atoms with E-state index in [1.54, 1.807) is 54.6 Å². The average Bonchev–Trinajstić information content (AvgIpc) is 2.83. The molecule has 0 unspecified atom stereocenters. The van der Waals surface area contributed by atoms with E-state index in [4.69, 9.17) is 4.74 Å². The molecule has 0 saturated carbocycles. The highest BCUT2D eigenvalue weighted by atomic mass is 32.2. The molecule has 1 aromatic heterocycles. The van der Waals surface area contributed by atoms with Gasteiger partial charge in [0.2, 0.25) is 0 Å². The van der Waals surface area contributed by atoms with Crippen LogP contribution < -0.4 is 9.86 Å². The molecule has 10 heteroatoms. The van der Waals surface area contributed by atoms with Gasteiger partial charge in [-0.25, -0.2) is 13.2 Å². The molecule has 162 valence electrons. The van der Waals surface area contributed by atoms with Gasteiger partial charge in [-0.15, -0.1) is 5.10 Å². The minimum absolute atomic E-state index is 0.155. The molecule has 4 aromatic rings. The van der Waals surface area contributed by atoms with Crippen LogP contribution >= 0.6 is 0 Å². The summed E-state index contributed by atoms with van der Waals surface area (Å²) in [5.41, 5.74) is 0.222. The average molecular weight is 450 g/mol. The smallest absolute Gasteiger partial charge is 0.341 e. The highest BCUT2D eigenvalue weighted by molar-refractivity contribution is 7.92. The molecule has 32 heavy (non-hydrogen) atoms. The molecule has 0 amide bonds. The van der Waals surface area contributed by atoms with E-state index < -0.39 is 28.3 Å². The van der Waals surface area contributed by atoms with Crippen molar-refractivity contribution in [2.24, 2.45) is 0 Å². The van der Waals surface area contributed by atoms with Crippen LogP contribution in [0.1, 0.15) is 10.4 Å². The number of carbonyl (C=O) groups is 1. The molecule has 0 N–H and O–H groups in total. The van der Waals surface area contributed by atoms with Gasteiger partial charge in [-0.1, -0.05) is 47.7 Å². The zero-order chi connectivity index (χ0) is 22.7. The van der Waals surface area contributed by atoms with Crippen LogP contribution in [-0.4, -0.2) is 36.4 Å². The van der Waals surface area contributed by atoms with Crippen LogP contribution in [0, 0.1) is 0 Å². The van der Waals surface area contributed by atoms with Gasteiger partial charge >= 0.3 is 5.97 Å². The van der Waals surface area contributed by atoms with Gasteiger partial charge in [-0.05, 0) is 36.4 Å². The fourth-order valence-electron chi connectivity index (χ4n) is 3.09. The van der Waals surface area contributed by atoms with Crippen molar-refractivity contribution in [3.63, 3.8) is 0 Å². The molecule has 0 spiro atoms. The summed E-state index contributed by atoms with van der Waals surface area (Å²) >= 11 is 0. The summed E-state index contributed by atoms with van der Waals surface area (Å²) in [7, 11) is -2.65. The number of rotatable bonds is 6. The van der Waals surface area contributed by atoms with Crippen molar-refractivity contribution in [2.75, 3.05) is 11.4 Å². The first-order chi connectivity index (χ1) is 15.4. The van der Waals surface area contributed by atoms with Gasteiger partial charge < -0.3 is 4.74 Å². The van der Waals surface area contributed by atoms with Gasteiger partial charge in [-0.2, -0.15) is 4.68 Å². The van der Waals surface area contributed by atoms with Crippen molar-refractivity contribution >= 4 is 32.6 Å².